The molecule has 0 saturated heterocycles. The van der Waals surface area contributed by atoms with Crippen LogP contribution in [0.25, 0.3) is 0 Å². The molecule has 2 N–H and O–H groups in total. The fourth-order valence-corrected chi connectivity index (χ4v) is 2.08. The third-order valence-corrected chi connectivity index (χ3v) is 3.53. The van der Waals surface area contributed by atoms with Crippen molar-refractivity contribution in [2.75, 3.05) is 19.6 Å². The van der Waals surface area contributed by atoms with Crippen LogP contribution in [0.2, 0.25) is 0 Å². The lowest BCUT2D eigenvalue weighted by molar-refractivity contribution is -0.138. The van der Waals surface area contributed by atoms with Crippen molar-refractivity contribution >= 4 is 17.8 Å². The Labute approximate surface area is 136 Å². The fraction of sp³-hybridized carbons (Fsp3) is 0.471. The van der Waals surface area contributed by atoms with E-state index in [1.807, 2.05) is 31.2 Å². The van der Waals surface area contributed by atoms with Gasteiger partial charge in [0.15, 0.2) is 0 Å². The molecule has 23 heavy (non-hydrogen) atoms. The highest BCUT2D eigenvalue weighted by Crippen LogP contribution is 2.05. The van der Waals surface area contributed by atoms with E-state index in [0.29, 0.717) is 19.4 Å². The molecule has 0 aromatic heterocycles. The maximum absolute atomic E-state index is 11.9. The Morgan fingerprint density at radius 2 is 1.78 bits per heavy atom. The number of carboxylic acid groups (broad SMARTS) is 1. The zero-order valence-corrected chi connectivity index (χ0v) is 13.7. The second kappa shape index (κ2) is 9.61. The molecule has 0 heterocycles. The lowest BCUT2D eigenvalue weighted by Crippen LogP contribution is -2.41. The molecule has 0 atom stereocenters. The van der Waals surface area contributed by atoms with E-state index in [1.165, 1.54) is 10.5 Å². The molecular weight excluding hydrogens is 296 g/mol. The molecule has 1 aromatic carbocycles. The van der Waals surface area contributed by atoms with Gasteiger partial charge in [0.05, 0.1) is 13.0 Å². The quantitative estimate of drug-likeness (QED) is 0.719. The van der Waals surface area contributed by atoms with Gasteiger partial charge in [-0.1, -0.05) is 29.8 Å². The predicted molar refractivity (Wildman–Crippen MR) is 87.0 cm³/mol. The van der Waals surface area contributed by atoms with Gasteiger partial charge in [0.1, 0.15) is 0 Å². The number of likely N-dealkylation sites (N-methyl/N-ethyl adjacent to an activating group) is 1. The van der Waals surface area contributed by atoms with E-state index in [9.17, 15) is 14.4 Å². The lowest BCUT2D eigenvalue weighted by Gasteiger charge is -2.20. The van der Waals surface area contributed by atoms with Crippen LogP contribution in [0.4, 0.5) is 0 Å². The number of aliphatic carboxylic acids is 1. The SMILES string of the molecule is CCN(CCC(=O)O)C(=O)CNC(=O)CCc1ccc(C)cc1. The average Bonchev–Trinajstić information content (AvgIpc) is 2.52. The molecule has 0 saturated carbocycles. The highest BCUT2D eigenvalue weighted by molar-refractivity contribution is 5.85. The third-order valence-electron chi connectivity index (χ3n) is 3.53. The van der Waals surface area contributed by atoms with Crippen molar-refractivity contribution in [3.63, 3.8) is 0 Å². The smallest absolute Gasteiger partial charge is 0.305 e. The molecule has 126 valence electrons. The number of aryl methyl sites for hydroxylation is 2. The van der Waals surface area contributed by atoms with E-state index in [2.05, 4.69) is 5.32 Å². The summed E-state index contributed by atoms with van der Waals surface area (Å²) >= 11 is 0. The molecule has 1 rings (SSSR count). The van der Waals surface area contributed by atoms with Crippen LogP contribution in [0.3, 0.4) is 0 Å². The van der Waals surface area contributed by atoms with E-state index < -0.39 is 5.97 Å². The molecule has 0 aliphatic carbocycles. The largest absolute Gasteiger partial charge is 0.481 e. The molecule has 0 fully saturated rings. The molecule has 0 unspecified atom stereocenters. The summed E-state index contributed by atoms with van der Waals surface area (Å²) in [4.78, 5) is 35.7. The Morgan fingerprint density at radius 1 is 1.13 bits per heavy atom. The van der Waals surface area contributed by atoms with Crippen LogP contribution >= 0.6 is 0 Å². The van der Waals surface area contributed by atoms with Gasteiger partial charge in [-0.05, 0) is 25.8 Å². The average molecular weight is 320 g/mol. The summed E-state index contributed by atoms with van der Waals surface area (Å²) in [5.74, 6) is -1.40. The van der Waals surface area contributed by atoms with Crippen molar-refractivity contribution < 1.29 is 19.5 Å². The number of hydrogen-bond acceptors (Lipinski definition) is 3. The van der Waals surface area contributed by atoms with Crippen molar-refractivity contribution in [1.29, 1.82) is 0 Å². The van der Waals surface area contributed by atoms with E-state index in [1.54, 1.807) is 6.92 Å². The molecule has 6 nitrogen and oxygen atoms in total. The fourth-order valence-electron chi connectivity index (χ4n) is 2.08. The predicted octanol–water partition coefficient (Wildman–Crippen LogP) is 1.37. The Balaban J connectivity index is 2.32. The number of carbonyl (C=O) groups is 3. The van der Waals surface area contributed by atoms with Crippen molar-refractivity contribution in [3.05, 3.63) is 35.4 Å². The molecular formula is C17H24N2O4. The zero-order valence-electron chi connectivity index (χ0n) is 13.7. The molecule has 6 heteroatoms. The molecule has 1 aromatic rings. The van der Waals surface area contributed by atoms with E-state index in [4.69, 9.17) is 5.11 Å². The van der Waals surface area contributed by atoms with Crippen LogP contribution in [0.1, 0.15) is 30.9 Å². The number of nitrogens with zero attached hydrogens (tertiary/aromatic N) is 1. The van der Waals surface area contributed by atoms with Crippen LogP contribution in [0.15, 0.2) is 24.3 Å². The van der Waals surface area contributed by atoms with Gasteiger partial charge in [-0.3, -0.25) is 14.4 Å². The van der Waals surface area contributed by atoms with Crippen molar-refractivity contribution in [3.8, 4) is 0 Å². The minimum Gasteiger partial charge on any atom is -0.481 e. The van der Waals surface area contributed by atoms with Gasteiger partial charge < -0.3 is 15.3 Å². The summed E-state index contributed by atoms with van der Waals surface area (Å²) in [5.41, 5.74) is 2.25. The number of hydrogen-bond donors (Lipinski definition) is 2. The number of nitrogens with one attached hydrogen (secondary N) is 1. The van der Waals surface area contributed by atoms with Crippen LogP contribution in [0.5, 0.6) is 0 Å². The Kier molecular flexibility index (Phi) is 7.80. The Bertz CT molecular complexity index is 540. The van der Waals surface area contributed by atoms with Crippen LogP contribution in [-0.4, -0.2) is 47.4 Å². The minimum atomic E-state index is -0.946. The number of amides is 2. The summed E-state index contributed by atoms with van der Waals surface area (Å²) in [5, 5.41) is 11.2. The van der Waals surface area contributed by atoms with Gasteiger partial charge in [0.25, 0.3) is 0 Å². The molecule has 0 aliphatic heterocycles. The molecule has 0 spiro atoms. The normalized spacial score (nSPS) is 10.2. The maximum atomic E-state index is 11.9. The first-order valence-electron chi connectivity index (χ1n) is 7.74. The first-order valence-corrected chi connectivity index (χ1v) is 7.74. The monoisotopic (exact) mass is 320 g/mol. The summed E-state index contributed by atoms with van der Waals surface area (Å²) in [6.07, 6.45) is 0.843. The number of carboxylic acids is 1. The zero-order chi connectivity index (χ0) is 17.2. The number of rotatable bonds is 9. The van der Waals surface area contributed by atoms with E-state index >= 15 is 0 Å². The summed E-state index contributed by atoms with van der Waals surface area (Å²) in [6.45, 7) is 4.26. The van der Waals surface area contributed by atoms with Gasteiger partial charge in [0, 0.05) is 19.5 Å². The highest BCUT2D eigenvalue weighted by Gasteiger charge is 2.14. The summed E-state index contributed by atoms with van der Waals surface area (Å²) < 4.78 is 0. The summed E-state index contributed by atoms with van der Waals surface area (Å²) in [6, 6.07) is 7.97. The number of benzene rings is 1. The van der Waals surface area contributed by atoms with Crippen LogP contribution in [-0.2, 0) is 20.8 Å². The van der Waals surface area contributed by atoms with E-state index in [0.717, 1.165) is 5.56 Å². The van der Waals surface area contributed by atoms with Gasteiger partial charge in [-0.25, -0.2) is 0 Å². The second-order valence-electron chi connectivity index (χ2n) is 5.38. The molecule has 0 radical (unpaired) electrons. The third kappa shape index (κ3) is 7.44. The highest BCUT2D eigenvalue weighted by atomic mass is 16.4. The molecule has 0 bridgehead atoms. The first kappa shape index (κ1) is 18.7. The van der Waals surface area contributed by atoms with Crippen molar-refractivity contribution in [1.82, 2.24) is 10.2 Å². The standard InChI is InChI=1S/C17H24N2O4/c1-3-19(11-10-17(22)23)16(21)12-18-15(20)9-8-14-6-4-13(2)5-7-14/h4-7H,3,8-12H2,1-2H3,(H,18,20)(H,22,23). The van der Waals surface area contributed by atoms with Gasteiger partial charge in [-0.15, -0.1) is 0 Å². The first-order chi connectivity index (χ1) is 10.9. The van der Waals surface area contributed by atoms with Gasteiger partial charge >= 0.3 is 5.97 Å². The van der Waals surface area contributed by atoms with Crippen molar-refractivity contribution in [2.45, 2.75) is 33.1 Å². The Hall–Kier alpha value is -2.37. The molecule has 0 aliphatic rings. The topological polar surface area (TPSA) is 86.7 Å². The second-order valence-corrected chi connectivity index (χ2v) is 5.38. The van der Waals surface area contributed by atoms with Crippen LogP contribution in [0, 0.1) is 6.92 Å². The Morgan fingerprint density at radius 3 is 2.35 bits per heavy atom. The van der Waals surface area contributed by atoms with Gasteiger partial charge in [0.2, 0.25) is 11.8 Å². The summed E-state index contributed by atoms with van der Waals surface area (Å²) in [7, 11) is 0. The molecule has 2 amide bonds. The lowest BCUT2D eigenvalue weighted by atomic mass is 10.1. The van der Waals surface area contributed by atoms with Gasteiger partial charge in [-0.2, -0.15) is 0 Å². The minimum absolute atomic E-state index is 0.0963. The van der Waals surface area contributed by atoms with E-state index in [-0.39, 0.29) is 31.3 Å². The van der Waals surface area contributed by atoms with Crippen LogP contribution < -0.4 is 5.32 Å². The maximum Gasteiger partial charge on any atom is 0.305 e. The van der Waals surface area contributed by atoms with Crippen molar-refractivity contribution in [2.24, 2.45) is 0 Å². The number of carbonyl (C=O) groups excluding carboxylic acids is 2.